The molecular weight excluding hydrogens is 311 g/mol. The zero-order valence-corrected chi connectivity index (χ0v) is 10.9. The average Bonchev–Trinajstić information content (AvgIpc) is 2.58. The molecule has 0 bridgehead atoms. The Hall–Kier alpha value is -1.14. The minimum atomic E-state index is -0.508. The van der Waals surface area contributed by atoms with Crippen LogP contribution in [0, 0.1) is 10.1 Å². The number of hydrogen-bond acceptors (Lipinski definition) is 3. The number of anilines is 1. The van der Waals surface area contributed by atoms with Crippen molar-refractivity contribution in [3.8, 4) is 0 Å². The van der Waals surface area contributed by atoms with Crippen LogP contribution >= 0.6 is 27.5 Å². The summed E-state index contributed by atoms with van der Waals surface area (Å²) in [6, 6.07) is 4.08. The second kappa shape index (κ2) is 4.62. The van der Waals surface area contributed by atoms with E-state index in [9.17, 15) is 14.9 Å². The van der Waals surface area contributed by atoms with Crippen molar-refractivity contribution in [3.63, 3.8) is 0 Å². The van der Waals surface area contributed by atoms with Gasteiger partial charge in [0.15, 0.2) is 0 Å². The fourth-order valence-electron chi connectivity index (χ4n) is 1.72. The molecule has 0 saturated carbocycles. The van der Waals surface area contributed by atoms with E-state index in [0.717, 1.165) is 0 Å². The van der Waals surface area contributed by atoms with Crippen molar-refractivity contribution in [3.05, 3.63) is 33.3 Å². The van der Waals surface area contributed by atoms with E-state index in [1.807, 2.05) is 0 Å². The molecule has 1 aliphatic rings. The lowest BCUT2D eigenvalue weighted by Crippen LogP contribution is -2.24. The molecule has 17 heavy (non-hydrogen) atoms. The van der Waals surface area contributed by atoms with Crippen molar-refractivity contribution >= 4 is 44.8 Å². The Labute approximate surface area is 111 Å². The van der Waals surface area contributed by atoms with Gasteiger partial charge in [0.05, 0.1) is 15.6 Å². The van der Waals surface area contributed by atoms with Crippen LogP contribution in [0.1, 0.15) is 6.42 Å². The summed E-state index contributed by atoms with van der Waals surface area (Å²) in [4.78, 5) is 23.4. The van der Waals surface area contributed by atoms with Crippen molar-refractivity contribution in [1.29, 1.82) is 0 Å². The van der Waals surface area contributed by atoms with Crippen molar-refractivity contribution in [2.75, 3.05) is 11.4 Å². The van der Waals surface area contributed by atoms with Crippen LogP contribution in [0.15, 0.2) is 18.2 Å². The molecule has 1 aromatic rings. The molecule has 0 radical (unpaired) electrons. The molecule has 7 heteroatoms. The van der Waals surface area contributed by atoms with Crippen LogP contribution < -0.4 is 4.90 Å². The van der Waals surface area contributed by atoms with Gasteiger partial charge >= 0.3 is 0 Å². The maximum absolute atomic E-state index is 11.7. The molecule has 1 amide bonds. The highest BCUT2D eigenvalue weighted by molar-refractivity contribution is 9.09. The summed E-state index contributed by atoms with van der Waals surface area (Å²) in [5, 5.41) is 11.0. The Morgan fingerprint density at radius 1 is 1.53 bits per heavy atom. The summed E-state index contributed by atoms with van der Waals surface area (Å²) < 4.78 is 0. The highest BCUT2D eigenvalue weighted by Gasteiger charge is 2.30. The normalized spacial score (nSPS) is 19.8. The molecule has 1 atom stereocenters. The van der Waals surface area contributed by atoms with Gasteiger partial charge in [-0.15, -0.1) is 0 Å². The monoisotopic (exact) mass is 318 g/mol. The quantitative estimate of drug-likeness (QED) is 0.478. The topological polar surface area (TPSA) is 63.5 Å². The van der Waals surface area contributed by atoms with E-state index in [1.54, 1.807) is 0 Å². The van der Waals surface area contributed by atoms with Gasteiger partial charge in [-0.2, -0.15) is 0 Å². The number of nitro groups is 1. The van der Waals surface area contributed by atoms with Gasteiger partial charge in [0.25, 0.3) is 5.69 Å². The Morgan fingerprint density at radius 2 is 2.24 bits per heavy atom. The molecule has 1 saturated heterocycles. The molecule has 90 valence electrons. The van der Waals surface area contributed by atoms with E-state index >= 15 is 0 Å². The van der Waals surface area contributed by atoms with Gasteiger partial charge in [-0.25, -0.2) is 0 Å². The van der Waals surface area contributed by atoms with Gasteiger partial charge in [-0.3, -0.25) is 14.9 Å². The Balaban J connectivity index is 2.41. The second-order valence-electron chi connectivity index (χ2n) is 3.70. The number of non-ortho nitro benzene ring substituents is 1. The first kappa shape index (κ1) is 12.3. The van der Waals surface area contributed by atoms with Gasteiger partial charge in [-0.05, 0) is 6.07 Å². The third kappa shape index (κ3) is 2.42. The number of amides is 1. The SMILES string of the molecule is O=C1CC(Br)CN1c1cc([N+](=O)[O-])ccc1Cl. The summed E-state index contributed by atoms with van der Waals surface area (Å²) in [5.41, 5.74) is 0.322. The molecule has 2 rings (SSSR count). The number of halogens is 2. The Kier molecular flexibility index (Phi) is 3.35. The first-order chi connectivity index (χ1) is 7.99. The zero-order valence-electron chi connectivity index (χ0n) is 8.60. The molecular formula is C10H8BrClN2O3. The van der Waals surface area contributed by atoms with Gasteiger partial charge in [0.1, 0.15) is 0 Å². The smallest absolute Gasteiger partial charge is 0.271 e. The molecule has 0 aliphatic carbocycles. The van der Waals surface area contributed by atoms with Crippen molar-refractivity contribution in [1.82, 2.24) is 0 Å². The summed E-state index contributed by atoms with van der Waals surface area (Å²) in [5.74, 6) is -0.0886. The second-order valence-corrected chi connectivity index (χ2v) is 5.40. The van der Waals surface area contributed by atoms with E-state index in [2.05, 4.69) is 15.9 Å². The number of benzene rings is 1. The number of carbonyl (C=O) groups excluding carboxylic acids is 1. The molecule has 0 N–H and O–H groups in total. The number of hydrogen-bond donors (Lipinski definition) is 0. The zero-order chi connectivity index (χ0) is 12.6. The van der Waals surface area contributed by atoms with Crippen LogP contribution in [-0.4, -0.2) is 22.2 Å². The van der Waals surface area contributed by atoms with E-state index in [-0.39, 0.29) is 16.4 Å². The van der Waals surface area contributed by atoms with Crippen LogP contribution in [0.25, 0.3) is 0 Å². The standard InChI is InChI=1S/C10H8BrClN2O3/c11-6-3-10(15)13(5-6)9-4-7(14(16)17)1-2-8(9)12/h1-2,4,6H,3,5H2. The van der Waals surface area contributed by atoms with Crippen molar-refractivity contribution in [2.45, 2.75) is 11.2 Å². The number of rotatable bonds is 2. The van der Waals surface area contributed by atoms with Crippen LogP contribution in [0.5, 0.6) is 0 Å². The third-order valence-corrected chi connectivity index (χ3v) is 3.44. The third-order valence-electron chi connectivity index (χ3n) is 2.51. The van der Waals surface area contributed by atoms with E-state index in [4.69, 9.17) is 11.6 Å². The molecule has 1 heterocycles. The lowest BCUT2D eigenvalue weighted by molar-refractivity contribution is -0.384. The van der Waals surface area contributed by atoms with Crippen LogP contribution in [0.2, 0.25) is 5.02 Å². The molecule has 1 fully saturated rings. The van der Waals surface area contributed by atoms with E-state index < -0.39 is 4.92 Å². The molecule has 0 aromatic heterocycles. The highest BCUT2D eigenvalue weighted by Crippen LogP contribution is 2.33. The predicted molar refractivity (Wildman–Crippen MR) is 67.8 cm³/mol. The van der Waals surface area contributed by atoms with Gasteiger partial charge in [-0.1, -0.05) is 27.5 Å². The van der Waals surface area contributed by atoms with Gasteiger partial charge in [0.2, 0.25) is 5.91 Å². The lowest BCUT2D eigenvalue weighted by Gasteiger charge is -2.17. The fraction of sp³-hybridized carbons (Fsp3) is 0.300. The predicted octanol–water partition coefficient (Wildman–Crippen LogP) is 2.75. The fourth-order valence-corrected chi connectivity index (χ4v) is 2.50. The lowest BCUT2D eigenvalue weighted by atomic mass is 10.2. The molecule has 1 unspecified atom stereocenters. The van der Waals surface area contributed by atoms with Gasteiger partial charge < -0.3 is 4.90 Å². The van der Waals surface area contributed by atoms with Crippen LogP contribution in [0.4, 0.5) is 11.4 Å². The maximum atomic E-state index is 11.7. The van der Waals surface area contributed by atoms with Gasteiger partial charge in [0, 0.05) is 29.9 Å². The van der Waals surface area contributed by atoms with Crippen LogP contribution in [0.3, 0.4) is 0 Å². The Morgan fingerprint density at radius 3 is 2.76 bits per heavy atom. The minimum absolute atomic E-state index is 0.0605. The van der Waals surface area contributed by atoms with E-state index in [0.29, 0.717) is 23.7 Å². The molecule has 1 aromatic carbocycles. The highest BCUT2D eigenvalue weighted by atomic mass is 79.9. The minimum Gasteiger partial charge on any atom is -0.310 e. The van der Waals surface area contributed by atoms with E-state index in [1.165, 1.54) is 23.1 Å². The molecule has 1 aliphatic heterocycles. The number of carbonyl (C=O) groups is 1. The summed E-state index contributed by atoms with van der Waals surface area (Å²) >= 11 is 9.31. The first-order valence-corrected chi connectivity index (χ1v) is 6.17. The van der Waals surface area contributed by atoms with Crippen molar-refractivity contribution in [2.24, 2.45) is 0 Å². The first-order valence-electron chi connectivity index (χ1n) is 4.87. The number of alkyl halides is 1. The summed E-state index contributed by atoms with van der Waals surface area (Å²) in [6.45, 7) is 0.472. The molecule has 5 nitrogen and oxygen atoms in total. The maximum Gasteiger partial charge on any atom is 0.271 e. The Bertz CT molecular complexity index is 494. The summed E-state index contributed by atoms with van der Waals surface area (Å²) in [7, 11) is 0. The van der Waals surface area contributed by atoms with Crippen LogP contribution in [-0.2, 0) is 4.79 Å². The average molecular weight is 320 g/mol. The molecule has 0 spiro atoms. The summed E-state index contributed by atoms with van der Waals surface area (Å²) in [6.07, 6.45) is 0.374. The van der Waals surface area contributed by atoms with Crippen molar-refractivity contribution < 1.29 is 9.72 Å². The largest absolute Gasteiger partial charge is 0.310 e. The number of nitrogens with zero attached hydrogens (tertiary/aromatic N) is 2. The number of nitro benzene ring substituents is 1.